The molecule has 76 valence electrons. The lowest BCUT2D eigenvalue weighted by atomic mass is 9.79. The minimum atomic E-state index is -1.26. The molecule has 13 heavy (non-hydrogen) atoms. The van der Waals surface area contributed by atoms with E-state index in [1.807, 2.05) is 0 Å². The van der Waals surface area contributed by atoms with E-state index in [0.29, 0.717) is 12.8 Å². The third-order valence-corrected chi connectivity index (χ3v) is 2.37. The molecule has 0 saturated heterocycles. The summed E-state index contributed by atoms with van der Waals surface area (Å²) in [5.41, 5.74) is 0. The molecule has 0 aromatic carbocycles. The molecule has 0 aromatic rings. The zero-order valence-electron chi connectivity index (χ0n) is 6.62. The summed E-state index contributed by atoms with van der Waals surface area (Å²) in [7, 11) is 0. The van der Waals surface area contributed by atoms with Gasteiger partial charge in [0, 0.05) is 23.8 Å². The number of carboxylic acids is 2. The maximum absolute atomic E-state index is 10.5. The van der Waals surface area contributed by atoms with Gasteiger partial charge in [-0.1, -0.05) is 20.3 Å². The second-order valence-corrected chi connectivity index (χ2v) is 3.14. The monoisotopic (exact) mass is 186 g/mol. The van der Waals surface area contributed by atoms with Crippen LogP contribution in [0.2, 0.25) is 0 Å². The molecule has 1 aliphatic carbocycles. The maximum atomic E-state index is 10.5. The first-order chi connectivity index (χ1) is 5.63. The first-order valence-corrected chi connectivity index (χ1v) is 4.04. The highest BCUT2D eigenvalue weighted by Gasteiger charge is 2.26. The van der Waals surface area contributed by atoms with E-state index in [4.69, 9.17) is 0 Å². The van der Waals surface area contributed by atoms with Crippen LogP contribution in [0.1, 0.15) is 33.1 Å². The summed E-state index contributed by atoms with van der Waals surface area (Å²) in [4.78, 5) is 20.9. The van der Waals surface area contributed by atoms with Crippen LogP contribution in [0.15, 0.2) is 0 Å². The molecule has 0 spiro atoms. The quantitative estimate of drug-likeness (QED) is 0.550. The zero-order chi connectivity index (χ0) is 9.14. The lowest BCUT2D eigenvalue weighted by molar-refractivity contribution is -0.328. The highest BCUT2D eigenvalue weighted by Crippen LogP contribution is 2.28. The molecular formula is C9H14O4-2. The van der Waals surface area contributed by atoms with Crippen molar-refractivity contribution < 1.29 is 19.8 Å². The molecule has 0 aromatic heterocycles. The number of carboxylic acid groups (broad SMARTS) is 2. The van der Waals surface area contributed by atoms with Gasteiger partial charge in [-0.15, -0.1) is 0 Å². The summed E-state index contributed by atoms with van der Waals surface area (Å²) >= 11 is 0. The van der Waals surface area contributed by atoms with E-state index in [1.165, 1.54) is 0 Å². The Hall–Kier alpha value is -1.06. The van der Waals surface area contributed by atoms with Crippen LogP contribution in [-0.4, -0.2) is 11.9 Å². The molecule has 0 N–H and O–H groups in total. The number of carbonyl (C=O) groups excluding carboxylic acids is 2. The molecule has 0 aliphatic heterocycles. The van der Waals surface area contributed by atoms with Crippen molar-refractivity contribution in [2.24, 2.45) is 11.8 Å². The topological polar surface area (TPSA) is 80.3 Å². The average molecular weight is 186 g/mol. The summed E-state index contributed by atoms with van der Waals surface area (Å²) in [6.45, 7) is 0. The van der Waals surface area contributed by atoms with Gasteiger partial charge in [-0.3, -0.25) is 0 Å². The van der Waals surface area contributed by atoms with Gasteiger partial charge in [-0.2, -0.15) is 0 Å². The Kier molecular flexibility index (Phi) is 4.45. The second kappa shape index (κ2) is 4.84. The molecular weight excluding hydrogens is 172 g/mol. The van der Waals surface area contributed by atoms with Gasteiger partial charge >= 0.3 is 0 Å². The Morgan fingerprint density at radius 1 is 0.923 bits per heavy atom. The number of carbonyl (C=O) groups is 2. The van der Waals surface area contributed by atoms with Crippen molar-refractivity contribution in [3.63, 3.8) is 0 Å². The molecule has 0 heterocycles. The number of hydrogen-bond acceptors (Lipinski definition) is 4. The fraction of sp³-hybridized carbons (Fsp3) is 0.778. The molecule has 2 atom stereocenters. The minimum absolute atomic E-state index is 0. The summed E-state index contributed by atoms with van der Waals surface area (Å²) in [5, 5.41) is 20.9. The summed E-state index contributed by atoms with van der Waals surface area (Å²) < 4.78 is 0. The molecule has 0 amide bonds. The number of hydrogen-bond donors (Lipinski definition) is 0. The van der Waals surface area contributed by atoms with Crippen LogP contribution in [0.5, 0.6) is 0 Å². The lowest BCUT2D eigenvalue weighted by Gasteiger charge is -2.32. The molecule has 4 heteroatoms. The third-order valence-electron chi connectivity index (χ3n) is 2.37. The molecule has 1 saturated carbocycles. The SMILES string of the molecule is C.O=C([O-])[C@H]1CCCC[C@H]1C(=O)[O-]. The summed E-state index contributed by atoms with van der Waals surface area (Å²) in [6.07, 6.45) is 2.34. The van der Waals surface area contributed by atoms with Gasteiger partial charge in [0.25, 0.3) is 0 Å². The molecule has 1 aliphatic rings. The fourth-order valence-electron chi connectivity index (χ4n) is 1.70. The van der Waals surface area contributed by atoms with Crippen molar-refractivity contribution in [2.45, 2.75) is 33.1 Å². The first-order valence-electron chi connectivity index (χ1n) is 4.04. The first kappa shape index (κ1) is 11.9. The van der Waals surface area contributed by atoms with Crippen LogP contribution < -0.4 is 10.2 Å². The minimum Gasteiger partial charge on any atom is -0.550 e. The van der Waals surface area contributed by atoms with Crippen molar-refractivity contribution in [3.05, 3.63) is 0 Å². The van der Waals surface area contributed by atoms with E-state index in [-0.39, 0.29) is 7.43 Å². The summed E-state index contributed by atoms with van der Waals surface area (Å²) in [6, 6.07) is 0. The Labute approximate surface area is 77.6 Å². The van der Waals surface area contributed by atoms with Crippen molar-refractivity contribution in [2.75, 3.05) is 0 Å². The van der Waals surface area contributed by atoms with E-state index in [0.717, 1.165) is 12.8 Å². The predicted octanol–water partition coefficient (Wildman–Crippen LogP) is -1.07. The highest BCUT2D eigenvalue weighted by molar-refractivity contribution is 5.77. The van der Waals surface area contributed by atoms with Crippen molar-refractivity contribution in [1.82, 2.24) is 0 Å². The summed E-state index contributed by atoms with van der Waals surface area (Å²) in [5.74, 6) is -4.21. The van der Waals surface area contributed by atoms with Gasteiger partial charge in [0.2, 0.25) is 0 Å². The Bertz CT molecular complexity index is 178. The number of aliphatic carboxylic acids is 2. The van der Waals surface area contributed by atoms with Gasteiger partial charge < -0.3 is 19.8 Å². The van der Waals surface area contributed by atoms with E-state index in [9.17, 15) is 19.8 Å². The van der Waals surface area contributed by atoms with Gasteiger partial charge in [0.15, 0.2) is 0 Å². The van der Waals surface area contributed by atoms with E-state index in [2.05, 4.69) is 0 Å². The largest absolute Gasteiger partial charge is 0.550 e. The molecule has 0 unspecified atom stereocenters. The molecule has 1 rings (SSSR count). The fourth-order valence-corrected chi connectivity index (χ4v) is 1.70. The van der Waals surface area contributed by atoms with E-state index >= 15 is 0 Å². The molecule has 4 nitrogen and oxygen atoms in total. The third kappa shape index (κ3) is 2.72. The van der Waals surface area contributed by atoms with Crippen LogP contribution in [0.3, 0.4) is 0 Å². The van der Waals surface area contributed by atoms with Crippen molar-refractivity contribution in [1.29, 1.82) is 0 Å². The Morgan fingerprint density at radius 3 is 1.46 bits per heavy atom. The van der Waals surface area contributed by atoms with E-state index in [1.54, 1.807) is 0 Å². The second-order valence-electron chi connectivity index (χ2n) is 3.14. The smallest absolute Gasteiger partial charge is 0.0451 e. The zero-order valence-corrected chi connectivity index (χ0v) is 6.62. The van der Waals surface area contributed by atoms with Crippen molar-refractivity contribution >= 4 is 11.9 Å². The average Bonchev–Trinajstić information content (AvgIpc) is 2.04. The molecule has 0 bridgehead atoms. The lowest BCUT2D eigenvalue weighted by Crippen LogP contribution is -2.45. The van der Waals surface area contributed by atoms with Crippen LogP contribution >= 0.6 is 0 Å². The Balaban J connectivity index is 0.00000144. The highest BCUT2D eigenvalue weighted by atomic mass is 16.4. The van der Waals surface area contributed by atoms with Gasteiger partial charge in [-0.05, 0) is 12.8 Å². The standard InChI is InChI=1S/C8H12O4.CH4/c9-7(10)5-3-1-2-4-6(5)8(11)12;/h5-6H,1-4H2,(H,9,10)(H,11,12);1H4/p-2/t5-,6+;. The van der Waals surface area contributed by atoms with E-state index < -0.39 is 23.8 Å². The van der Waals surface area contributed by atoms with Crippen LogP contribution in [0, 0.1) is 11.8 Å². The van der Waals surface area contributed by atoms with Crippen LogP contribution in [0.25, 0.3) is 0 Å². The van der Waals surface area contributed by atoms with Gasteiger partial charge in [0.1, 0.15) is 0 Å². The molecule has 0 radical (unpaired) electrons. The molecule has 1 fully saturated rings. The van der Waals surface area contributed by atoms with Crippen LogP contribution in [0.4, 0.5) is 0 Å². The van der Waals surface area contributed by atoms with Gasteiger partial charge in [-0.25, -0.2) is 0 Å². The van der Waals surface area contributed by atoms with Crippen molar-refractivity contribution in [3.8, 4) is 0 Å². The Morgan fingerprint density at radius 2 is 1.23 bits per heavy atom. The van der Waals surface area contributed by atoms with Gasteiger partial charge in [0.05, 0.1) is 0 Å². The normalized spacial score (nSPS) is 27.4. The maximum Gasteiger partial charge on any atom is 0.0451 e. The predicted molar refractivity (Wildman–Crippen MR) is 42.2 cm³/mol. The van der Waals surface area contributed by atoms with Crippen LogP contribution in [-0.2, 0) is 9.59 Å². The number of rotatable bonds is 2.